The van der Waals surface area contributed by atoms with Gasteiger partial charge >= 0.3 is 0 Å². The van der Waals surface area contributed by atoms with Gasteiger partial charge in [-0.25, -0.2) is 0 Å². The molecule has 1 atom stereocenters. The van der Waals surface area contributed by atoms with Crippen LogP contribution in [0.5, 0.6) is 0 Å². The van der Waals surface area contributed by atoms with Gasteiger partial charge in [-0.15, -0.1) is 0 Å². The third-order valence-electron chi connectivity index (χ3n) is 1.73. The predicted molar refractivity (Wildman–Crippen MR) is 42.1 cm³/mol. The van der Waals surface area contributed by atoms with Gasteiger partial charge in [0.2, 0.25) is 5.91 Å². The highest BCUT2D eigenvalue weighted by Gasteiger charge is 2.22. The molecule has 1 unspecified atom stereocenters. The van der Waals surface area contributed by atoms with E-state index in [2.05, 4.69) is 5.32 Å². The molecule has 1 fully saturated rings. The summed E-state index contributed by atoms with van der Waals surface area (Å²) in [4.78, 5) is 11.0. The van der Waals surface area contributed by atoms with Crippen LogP contribution in [-0.4, -0.2) is 23.2 Å². The Morgan fingerprint density at radius 2 is 2.36 bits per heavy atom. The number of nitrogens with one attached hydrogen (secondary N) is 1. The summed E-state index contributed by atoms with van der Waals surface area (Å²) < 4.78 is 0. The second-order valence-electron chi connectivity index (χ2n) is 3.23. The first kappa shape index (κ1) is 8.53. The minimum atomic E-state index is -0.361. The number of aliphatic hydroxyl groups is 1. The van der Waals surface area contributed by atoms with E-state index in [9.17, 15) is 4.79 Å². The summed E-state index contributed by atoms with van der Waals surface area (Å²) in [5.74, 6) is 0.0772. The molecular weight excluding hydrogens is 142 g/mol. The molecule has 0 aromatic rings. The fraction of sp³-hybridized carbons (Fsp3) is 0.875. The second-order valence-corrected chi connectivity index (χ2v) is 3.23. The highest BCUT2D eigenvalue weighted by molar-refractivity contribution is 5.76. The zero-order chi connectivity index (χ0) is 8.27. The molecule has 1 saturated carbocycles. The zero-order valence-electron chi connectivity index (χ0n) is 6.84. The van der Waals surface area contributed by atoms with Crippen molar-refractivity contribution in [1.29, 1.82) is 0 Å². The number of hydrogen-bond donors (Lipinski definition) is 2. The molecule has 1 aliphatic carbocycles. The fourth-order valence-corrected chi connectivity index (χ4v) is 0.867. The summed E-state index contributed by atoms with van der Waals surface area (Å²) in [6.45, 7) is 1.70. The minimum Gasteiger partial charge on any atom is -0.393 e. The maximum absolute atomic E-state index is 11.0. The summed E-state index contributed by atoms with van der Waals surface area (Å²) in [6, 6.07) is 0.441. The van der Waals surface area contributed by atoms with E-state index >= 15 is 0 Å². The van der Waals surface area contributed by atoms with Gasteiger partial charge in [0.15, 0.2) is 0 Å². The van der Waals surface area contributed by atoms with Crippen molar-refractivity contribution in [2.45, 2.75) is 44.8 Å². The normalized spacial score (nSPS) is 19.5. The van der Waals surface area contributed by atoms with Crippen LogP contribution >= 0.6 is 0 Å². The number of rotatable bonds is 4. The Morgan fingerprint density at radius 1 is 1.73 bits per heavy atom. The molecule has 2 N–H and O–H groups in total. The third kappa shape index (κ3) is 3.98. The van der Waals surface area contributed by atoms with Crippen LogP contribution in [0.2, 0.25) is 0 Å². The number of carbonyl (C=O) groups excluding carboxylic acids is 1. The van der Waals surface area contributed by atoms with Gasteiger partial charge in [-0.05, 0) is 26.2 Å². The minimum absolute atomic E-state index is 0.0772. The first-order chi connectivity index (χ1) is 5.18. The van der Waals surface area contributed by atoms with E-state index in [0.717, 1.165) is 12.8 Å². The average Bonchev–Trinajstić information content (AvgIpc) is 2.67. The first-order valence-corrected chi connectivity index (χ1v) is 4.16. The van der Waals surface area contributed by atoms with Gasteiger partial charge in [-0.3, -0.25) is 4.79 Å². The standard InChI is InChI=1S/C8H15NO2/c1-6(10)2-5-8(11)9-7-3-4-7/h6-7,10H,2-5H2,1H3,(H,9,11). The fourth-order valence-electron chi connectivity index (χ4n) is 0.867. The maximum atomic E-state index is 11.0. The molecule has 0 aliphatic heterocycles. The molecule has 1 rings (SSSR count). The van der Waals surface area contributed by atoms with E-state index in [1.165, 1.54) is 0 Å². The monoisotopic (exact) mass is 157 g/mol. The number of hydrogen-bond acceptors (Lipinski definition) is 2. The van der Waals surface area contributed by atoms with Crippen molar-refractivity contribution < 1.29 is 9.90 Å². The number of aliphatic hydroxyl groups excluding tert-OH is 1. The van der Waals surface area contributed by atoms with Crippen LogP contribution in [0, 0.1) is 0 Å². The molecule has 0 aromatic heterocycles. The average molecular weight is 157 g/mol. The Bertz CT molecular complexity index is 141. The molecule has 0 saturated heterocycles. The summed E-state index contributed by atoms with van der Waals surface area (Å²) in [5.41, 5.74) is 0. The van der Waals surface area contributed by atoms with Crippen molar-refractivity contribution in [3.63, 3.8) is 0 Å². The smallest absolute Gasteiger partial charge is 0.220 e. The Balaban J connectivity index is 2.00. The quantitative estimate of drug-likeness (QED) is 0.621. The third-order valence-corrected chi connectivity index (χ3v) is 1.73. The molecule has 0 heterocycles. The van der Waals surface area contributed by atoms with E-state index < -0.39 is 0 Å². The lowest BCUT2D eigenvalue weighted by Gasteiger charge is -2.04. The van der Waals surface area contributed by atoms with Gasteiger partial charge in [0.1, 0.15) is 0 Å². The van der Waals surface area contributed by atoms with E-state index in [4.69, 9.17) is 5.11 Å². The van der Waals surface area contributed by atoms with E-state index in [1.807, 2.05) is 0 Å². The van der Waals surface area contributed by atoms with Crippen molar-refractivity contribution in [3.8, 4) is 0 Å². The summed E-state index contributed by atoms with van der Waals surface area (Å²) in [6.07, 6.45) is 2.91. The first-order valence-electron chi connectivity index (χ1n) is 4.16. The lowest BCUT2D eigenvalue weighted by molar-refractivity contribution is -0.121. The number of carbonyl (C=O) groups is 1. The van der Waals surface area contributed by atoms with Crippen molar-refractivity contribution >= 4 is 5.91 Å². The highest BCUT2D eigenvalue weighted by atomic mass is 16.3. The summed E-state index contributed by atoms with van der Waals surface area (Å²) >= 11 is 0. The van der Waals surface area contributed by atoms with Gasteiger partial charge in [-0.2, -0.15) is 0 Å². The van der Waals surface area contributed by atoms with E-state index in [0.29, 0.717) is 18.9 Å². The topological polar surface area (TPSA) is 49.3 Å². The Labute approximate surface area is 66.8 Å². The van der Waals surface area contributed by atoms with Crippen LogP contribution in [-0.2, 0) is 4.79 Å². The van der Waals surface area contributed by atoms with Crippen LogP contribution in [0.4, 0.5) is 0 Å². The Morgan fingerprint density at radius 3 is 2.82 bits per heavy atom. The van der Waals surface area contributed by atoms with Crippen LogP contribution in [0.25, 0.3) is 0 Å². The molecule has 0 aromatic carbocycles. The molecule has 0 radical (unpaired) electrons. The maximum Gasteiger partial charge on any atom is 0.220 e. The molecule has 1 amide bonds. The molecule has 64 valence electrons. The summed E-state index contributed by atoms with van der Waals surface area (Å²) in [5, 5.41) is 11.7. The molecule has 0 spiro atoms. The zero-order valence-corrected chi connectivity index (χ0v) is 6.84. The highest BCUT2D eigenvalue weighted by Crippen LogP contribution is 2.18. The molecule has 1 aliphatic rings. The van der Waals surface area contributed by atoms with Gasteiger partial charge in [0.05, 0.1) is 6.10 Å². The van der Waals surface area contributed by atoms with E-state index in [1.54, 1.807) is 6.92 Å². The molecule has 11 heavy (non-hydrogen) atoms. The van der Waals surface area contributed by atoms with Crippen molar-refractivity contribution in [2.75, 3.05) is 0 Å². The van der Waals surface area contributed by atoms with E-state index in [-0.39, 0.29) is 12.0 Å². The van der Waals surface area contributed by atoms with Crippen LogP contribution < -0.4 is 5.32 Å². The van der Waals surface area contributed by atoms with Crippen molar-refractivity contribution in [2.24, 2.45) is 0 Å². The lowest BCUT2D eigenvalue weighted by atomic mass is 10.2. The lowest BCUT2D eigenvalue weighted by Crippen LogP contribution is -2.25. The summed E-state index contributed by atoms with van der Waals surface area (Å²) in [7, 11) is 0. The number of amides is 1. The van der Waals surface area contributed by atoms with Gasteiger partial charge in [0.25, 0.3) is 0 Å². The van der Waals surface area contributed by atoms with Gasteiger partial charge in [-0.1, -0.05) is 0 Å². The molecular formula is C8H15NO2. The van der Waals surface area contributed by atoms with Crippen molar-refractivity contribution in [1.82, 2.24) is 5.32 Å². The predicted octanol–water partition coefficient (Wildman–Crippen LogP) is 0.426. The second kappa shape index (κ2) is 3.72. The molecule has 0 bridgehead atoms. The van der Waals surface area contributed by atoms with Crippen LogP contribution in [0.3, 0.4) is 0 Å². The molecule has 3 heteroatoms. The Kier molecular flexibility index (Phi) is 2.88. The van der Waals surface area contributed by atoms with Crippen LogP contribution in [0.1, 0.15) is 32.6 Å². The van der Waals surface area contributed by atoms with Crippen LogP contribution in [0.15, 0.2) is 0 Å². The van der Waals surface area contributed by atoms with Gasteiger partial charge in [0, 0.05) is 12.5 Å². The van der Waals surface area contributed by atoms with Crippen molar-refractivity contribution in [3.05, 3.63) is 0 Å². The SMILES string of the molecule is CC(O)CCC(=O)NC1CC1. The Hall–Kier alpha value is -0.570. The van der Waals surface area contributed by atoms with Gasteiger partial charge < -0.3 is 10.4 Å². The largest absolute Gasteiger partial charge is 0.393 e. The molecule has 3 nitrogen and oxygen atoms in total.